The number of hydrogen-bond acceptors (Lipinski definition) is 15. The lowest BCUT2D eigenvalue weighted by molar-refractivity contribution is -0.161. The second-order valence-corrected chi connectivity index (χ2v) is 34.9. The van der Waals surface area contributed by atoms with Gasteiger partial charge in [-0.15, -0.1) is 0 Å². The van der Waals surface area contributed by atoms with Gasteiger partial charge in [-0.2, -0.15) is 0 Å². The zero-order valence-corrected chi connectivity index (χ0v) is 70.5. The predicted octanol–water partition coefficient (Wildman–Crippen LogP) is 25.6. The average Bonchev–Trinajstić information content (AvgIpc) is 0.916. The predicted molar refractivity (Wildman–Crippen MR) is 428 cm³/mol. The van der Waals surface area contributed by atoms with E-state index in [0.717, 1.165) is 114 Å². The van der Waals surface area contributed by atoms with Crippen molar-refractivity contribution in [2.45, 2.75) is 459 Å². The molecule has 0 aliphatic carbocycles. The molecule has 4 unspecified atom stereocenters. The molecule has 0 spiro atoms. The van der Waals surface area contributed by atoms with Gasteiger partial charge < -0.3 is 33.8 Å². The molecule has 0 heterocycles. The van der Waals surface area contributed by atoms with Crippen LogP contribution < -0.4 is 0 Å². The summed E-state index contributed by atoms with van der Waals surface area (Å²) in [6.45, 7) is 14.3. The minimum atomic E-state index is -4.97. The van der Waals surface area contributed by atoms with E-state index in [1.54, 1.807) is 0 Å². The first kappa shape index (κ1) is 102. The molecule has 3 N–H and O–H groups in total. The summed E-state index contributed by atoms with van der Waals surface area (Å²) in [5, 5.41) is 10.7. The molecule has 0 amide bonds. The Morgan fingerprint density at radius 1 is 0.269 bits per heavy atom. The van der Waals surface area contributed by atoms with Gasteiger partial charge in [-0.25, -0.2) is 9.13 Å². The van der Waals surface area contributed by atoms with Gasteiger partial charge in [-0.3, -0.25) is 37.3 Å². The van der Waals surface area contributed by atoms with Crippen molar-refractivity contribution in [2.24, 2.45) is 23.7 Å². The second kappa shape index (κ2) is 73.8. The number of carbonyl (C=O) groups is 4. The number of rotatable bonds is 82. The SMILES string of the molecule is CCC(C)CCCCCCCCCCCCCCCCCCCCC(=O)O[C@H](COC(=O)CCCCCCCCCCCCCCCCCC(C)C)COP(=O)(O)OC[C@@H](O)COP(=O)(O)OC[C@@H](COC(=O)CCCCCCCCCCC(C)CC)OC(=O)CCCCCCCCCCCC(C)C. The van der Waals surface area contributed by atoms with Gasteiger partial charge in [0.15, 0.2) is 12.2 Å². The first-order chi connectivity index (χ1) is 50.2. The molecule has 0 aromatic carbocycles. The summed E-state index contributed by atoms with van der Waals surface area (Å²) in [5.74, 6) is 1.08. The Kier molecular flexibility index (Phi) is 72.5. The number of aliphatic hydroxyl groups excluding tert-OH is 1. The summed E-state index contributed by atoms with van der Waals surface area (Å²) < 4.78 is 68.8. The average molecular weight is 1520 g/mol. The highest BCUT2D eigenvalue weighted by atomic mass is 31.2. The van der Waals surface area contributed by atoms with Gasteiger partial charge in [0.2, 0.25) is 0 Å². The van der Waals surface area contributed by atoms with Crippen molar-refractivity contribution < 1.29 is 80.2 Å². The smallest absolute Gasteiger partial charge is 0.462 e. The number of phosphoric acid groups is 2. The lowest BCUT2D eigenvalue weighted by Gasteiger charge is -2.21. The molecule has 0 fully saturated rings. The Bertz CT molecular complexity index is 2030. The molecule has 7 atom stereocenters. The molecule has 0 aliphatic rings. The van der Waals surface area contributed by atoms with Crippen LogP contribution >= 0.6 is 15.6 Å². The van der Waals surface area contributed by atoms with E-state index in [4.69, 9.17) is 37.0 Å². The Morgan fingerprint density at radius 2 is 0.462 bits per heavy atom. The zero-order valence-electron chi connectivity index (χ0n) is 68.7. The molecule has 17 nitrogen and oxygen atoms in total. The maximum Gasteiger partial charge on any atom is 0.472 e. The fourth-order valence-electron chi connectivity index (χ4n) is 13.1. The molecule has 0 aromatic heterocycles. The molecule has 618 valence electrons. The first-order valence-corrected chi connectivity index (χ1v) is 46.8. The van der Waals surface area contributed by atoms with E-state index in [9.17, 15) is 43.2 Å². The van der Waals surface area contributed by atoms with Crippen molar-refractivity contribution in [3.05, 3.63) is 0 Å². The number of esters is 4. The van der Waals surface area contributed by atoms with Gasteiger partial charge in [-0.05, 0) is 49.4 Å². The minimum Gasteiger partial charge on any atom is -0.462 e. The van der Waals surface area contributed by atoms with Crippen molar-refractivity contribution in [1.82, 2.24) is 0 Å². The number of ether oxygens (including phenoxy) is 4. The van der Waals surface area contributed by atoms with E-state index in [-0.39, 0.29) is 25.7 Å². The maximum absolute atomic E-state index is 13.1. The van der Waals surface area contributed by atoms with Crippen LogP contribution in [0.2, 0.25) is 0 Å². The largest absolute Gasteiger partial charge is 0.472 e. The highest BCUT2D eigenvalue weighted by Gasteiger charge is 2.30. The van der Waals surface area contributed by atoms with Crippen molar-refractivity contribution >= 4 is 39.5 Å². The van der Waals surface area contributed by atoms with Crippen LogP contribution in [-0.4, -0.2) is 96.7 Å². The summed E-state index contributed by atoms with van der Waals surface area (Å²) in [5.41, 5.74) is 0. The van der Waals surface area contributed by atoms with E-state index >= 15 is 0 Å². The summed E-state index contributed by atoms with van der Waals surface area (Å²) in [4.78, 5) is 73.2. The fraction of sp³-hybridized carbons (Fsp3) is 0.953. The van der Waals surface area contributed by atoms with Crippen LogP contribution in [0.15, 0.2) is 0 Å². The minimum absolute atomic E-state index is 0.105. The number of aliphatic hydroxyl groups is 1. The topological polar surface area (TPSA) is 237 Å². The zero-order chi connectivity index (χ0) is 76.7. The van der Waals surface area contributed by atoms with E-state index in [1.807, 2.05) is 0 Å². The van der Waals surface area contributed by atoms with Gasteiger partial charge in [0.1, 0.15) is 19.3 Å². The Hall–Kier alpha value is -1.94. The Morgan fingerprint density at radius 3 is 0.683 bits per heavy atom. The lowest BCUT2D eigenvalue weighted by atomic mass is 9.99. The third-order valence-corrected chi connectivity index (χ3v) is 22.4. The van der Waals surface area contributed by atoms with Crippen LogP contribution in [0, 0.1) is 23.7 Å². The monoisotopic (exact) mass is 1520 g/mol. The molecular weight excluding hydrogens is 1350 g/mol. The summed E-state index contributed by atoms with van der Waals surface area (Å²) in [6.07, 6.45) is 62.4. The van der Waals surface area contributed by atoms with Gasteiger partial charge in [0, 0.05) is 25.7 Å². The number of carbonyl (C=O) groups excluding carboxylic acids is 4. The van der Waals surface area contributed by atoms with E-state index < -0.39 is 97.5 Å². The molecule has 104 heavy (non-hydrogen) atoms. The molecule has 0 aromatic rings. The van der Waals surface area contributed by atoms with Crippen LogP contribution in [0.25, 0.3) is 0 Å². The van der Waals surface area contributed by atoms with Gasteiger partial charge in [-0.1, -0.05) is 389 Å². The normalized spacial score (nSPS) is 14.5. The van der Waals surface area contributed by atoms with E-state index in [0.29, 0.717) is 25.7 Å². The molecule has 0 bridgehead atoms. The molecule has 0 saturated carbocycles. The first-order valence-electron chi connectivity index (χ1n) is 43.8. The van der Waals surface area contributed by atoms with E-state index in [1.165, 1.54) is 244 Å². The quantitative estimate of drug-likeness (QED) is 0.0222. The summed E-state index contributed by atoms with van der Waals surface area (Å²) >= 11 is 0. The Balaban J connectivity index is 5.23. The highest BCUT2D eigenvalue weighted by Crippen LogP contribution is 2.45. The van der Waals surface area contributed by atoms with Gasteiger partial charge in [0.25, 0.3) is 0 Å². The number of phosphoric ester groups is 2. The second-order valence-electron chi connectivity index (χ2n) is 32.0. The molecule has 0 saturated heterocycles. The standard InChI is InChI=1S/C85H166O17P2/c1-9-77(7)63-55-47-39-31-25-21-17-13-11-12-14-18-23-27-33-43-51-59-67-84(89)101-80(71-95-82(87)65-57-49-41-32-26-22-19-15-16-20-24-29-37-45-53-61-75(3)4)73-99-103(91,92)97-69-79(86)70-98-104(93,94)100-74-81(102-85(90)68-60-52-44-34-28-30-38-46-54-62-76(5)6)72-96-83(88)66-58-50-42-36-35-40-48-56-64-78(8)10-2/h75-81,86H,9-74H2,1-8H3,(H,91,92)(H,93,94)/t77?,78?,79-,80-,81-/m1/s1. The molecular formula is C85H166O17P2. The van der Waals surface area contributed by atoms with Crippen LogP contribution in [-0.2, 0) is 65.4 Å². The molecule has 0 radical (unpaired) electrons. The van der Waals surface area contributed by atoms with Gasteiger partial charge in [0.05, 0.1) is 26.4 Å². The molecule has 0 aliphatic heterocycles. The number of hydrogen-bond donors (Lipinski definition) is 3. The van der Waals surface area contributed by atoms with Crippen molar-refractivity contribution in [2.75, 3.05) is 39.6 Å². The molecule has 19 heteroatoms. The van der Waals surface area contributed by atoms with Crippen LogP contribution in [0.1, 0.15) is 441 Å². The molecule has 0 rings (SSSR count). The van der Waals surface area contributed by atoms with Crippen LogP contribution in [0.4, 0.5) is 0 Å². The maximum atomic E-state index is 13.1. The summed E-state index contributed by atoms with van der Waals surface area (Å²) in [7, 11) is -9.93. The lowest BCUT2D eigenvalue weighted by Crippen LogP contribution is -2.30. The fourth-order valence-corrected chi connectivity index (χ4v) is 14.7. The number of unbranched alkanes of at least 4 members (excludes halogenated alkanes) is 46. The van der Waals surface area contributed by atoms with Crippen molar-refractivity contribution in [3.8, 4) is 0 Å². The third-order valence-electron chi connectivity index (χ3n) is 20.5. The highest BCUT2D eigenvalue weighted by molar-refractivity contribution is 7.47. The summed E-state index contributed by atoms with van der Waals surface area (Å²) in [6, 6.07) is 0. The third kappa shape index (κ3) is 75.5. The van der Waals surface area contributed by atoms with Crippen molar-refractivity contribution in [1.29, 1.82) is 0 Å². The Labute approximate surface area is 638 Å². The van der Waals surface area contributed by atoms with E-state index in [2.05, 4.69) is 55.4 Å². The van der Waals surface area contributed by atoms with Crippen LogP contribution in [0.5, 0.6) is 0 Å². The van der Waals surface area contributed by atoms with Gasteiger partial charge >= 0.3 is 39.5 Å². The van der Waals surface area contributed by atoms with Crippen LogP contribution in [0.3, 0.4) is 0 Å². The van der Waals surface area contributed by atoms with Crippen molar-refractivity contribution in [3.63, 3.8) is 0 Å².